The summed E-state index contributed by atoms with van der Waals surface area (Å²) in [5, 5.41) is 9.82. The Morgan fingerprint density at radius 2 is 1.79 bits per heavy atom. The van der Waals surface area contributed by atoms with Crippen molar-refractivity contribution in [1.82, 2.24) is 4.98 Å². The van der Waals surface area contributed by atoms with Crippen molar-refractivity contribution in [3.05, 3.63) is 15.6 Å². The Hall–Kier alpha value is -0.620. The van der Waals surface area contributed by atoms with Crippen molar-refractivity contribution in [2.45, 2.75) is 32.5 Å². The molecule has 0 unspecified atom stereocenters. The van der Waals surface area contributed by atoms with Gasteiger partial charge in [0.1, 0.15) is 0 Å². The summed E-state index contributed by atoms with van der Waals surface area (Å²) in [6, 6.07) is 0. The molecule has 0 bridgehead atoms. The largest absolute Gasteiger partial charge is 0.434 e. The van der Waals surface area contributed by atoms with E-state index in [0.29, 0.717) is 5.01 Å². The normalized spacial score (nSPS) is 13.4. The second-order valence-corrected chi connectivity index (χ2v) is 4.67. The van der Waals surface area contributed by atoms with E-state index in [9.17, 15) is 18.3 Å². The number of halogens is 3. The van der Waals surface area contributed by atoms with Crippen molar-refractivity contribution in [2.75, 3.05) is 0 Å². The van der Waals surface area contributed by atoms with Crippen LogP contribution < -0.4 is 0 Å². The summed E-state index contributed by atoms with van der Waals surface area (Å²) in [5.41, 5.74) is -2.48. The topological polar surface area (TPSA) is 33.1 Å². The minimum absolute atomic E-state index is 0.137. The third-order valence-corrected chi connectivity index (χ3v) is 2.84. The highest BCUT2D eigenvalue weighted by molar-refractivity contribution is 7.11. The molecule has 1 heterocycles. The summed E-state index contributed by atoms with van der Waals surface area (Å²) in [6.07, 6.45) is -4.50. The van der Waals surface area contributed by atoms with Crippen molar-refractivity contribution < 1.29 is 18.3 Å². The summed E-state index contributed by atoms with van der Waals surface area (Å²) in [7, 11) is 0. The van der Waals surface area contributed by atoms with Crippen LogP contribution in [0.5, 0.6) is 0 Å². The Balaban J connectivity index is 3.31. The molecule has 1 aromatic heterocycles. The first-order chi connectivity index (χ1) is 6.12. The average molecular weight is 225 g/mol. The van der Waals surface area contributed by atoms with Crippen LogP contribution in [0, 0.1) is 6.92 Å². The van der Waals surface area contributed by atoms with Crippen LogP contribution in [0.3, 0.4) is 0 Å². The highest BCUT2D eigenvalue weighted by Gasteiger charge is 2.40. The number of alkyl halides is 3. The molecule has 2 nitrogen and oxygen atoms in total. The molecule has 0 spiro atoms. The molecule has 0 saturated carbocycles. The Morgan fingerprint density at radius 3 is 2.07 bits per heavy atom. The molecule has 80 valence electrons. The van der Waals surface area contributed by atoms with E-state index in [-0.39, 0.29) is 4.88 Å². The van der Waals surface area contributed by atoms with Crippen LogP contribution >= 0.6 is 11.3 Å². The van der Waals surface area contributed by atoms with Gasteiger partial charge in [0, 0.05) is 0 Å². The Morgan fingerprint density at radius 1 is 1.29 bits per heavy atom. The Kier molecular flexibility index (Phi) is 2.62. The molecule has 0 aliphatic heterocycles. The van der Waals surface area contributed by atoms with Gasteiger partial charge in [-0.1, -0.05) is 0 Å². The lowest BCUT2D eigenvalue weighted by Gasteiger charge is -2.17. The van der Waals surface area contributed by atoms with Crippen molar-refractivity contribution in [1.29, 1.82) is 0 Å². The zero-order chi connectivity index (χ0) is 11.1. The van der Waals surface area contributed by atoms with Crippen LogP contribution in [-0.2, 0) is 11.8 Å². The zero-order valence-electron chi connectivity index (χ0n) is 7.94. The molecule has 0 aromatic carbocycles. The van der Waals surface area contributed by atoms with Crippen molar-refractivity contribution in [3.8, 4) is 0 Å². The molecule has 0 fully saturated rings. The van der Waals surface area contributed by atoms with Gasteiger partial charge in [0.2, 0.25) is 0 Å². The first-order valence-electron chi connectivity index (χ1n) is 3.90. The standard InChI is InChI=1S/C8H10F3NOS/c1-4-12-5(8(9,10)11)6(14-4)7(2,3)13/h13H,1-3H3. The molecule has 0 aliphatic rings. The van der Waals surface area contributed by atoms with Crippen LogP contribution in [0.15, 0.2) is 0 Å². The van der Waals surface area contributed by atoms with E-state index >= 15 is 0 Å². The quantitative estimate of drug-likeness (QED) is 0.797. The maximum atomic E-state index is 12.4. The fraction of sp³-hybridized carbons (Fsp3) is 0.625. The van der Waals surface area contributed by atoms with Gasteiger partial charge >= 0.3 is 6.18 Å². The highest BCUT2D eigenvalue weighted by atomic mass is 32.1. The average Bonchev–Trinajstić information content (AvgIpc) is 2.27. The minimum Gasteiger partial charge on any atom is -0.385 e. The summed E-state index contributed by atoms with van der Waals surface area (Å²) in [4.78, 5) is 3.25. The van der Waals surface area contributed by atoms with Gasteiger partial charge in [0.05, 0.1) is 15.5 Å². The first-order valence-corrected chi connectivity index (χ1v) is 4.71. The molecule has 14 heavy (non-hydrogen) atoms. The number of nitrogens with zero attached hydrogens (tertiary/aromatic N) is 1. The van der Waals surface area contributed by atoms with E-state index in [1.165, 1.54) is 20.8 Å². The van der Waals surface area contributed by atoms with Gasteiger partial charge < -0.3 is 5.11 Å². The van der Waals surface area contributed by atoms with Crippen LogP contribution in [0.1, 0.15) is 29.4 Å². The number of aromatic nitrogens is 1. The molecular formula is C8H10F3NOS. The summed E-state index contributed by atoms with van der Waals surface area (Å²) in [5.74, 6) is 0. The predicted molar refractivity (Wildman–Crippen MR) is 47.1 cm³/mol. The molecule has 0 radical (unpaired) electrons. The number of hydrogen-bond acceptors (Lipinski definition) is 3. The van der Waals surface area contributed by atoms with Crippen LogP contribution in [0.4, 0.5) is 13.2 Å². The fourth-order valence-corrected chi connectivity index (χ4v) is 1.97. The van der Waals surface area contributed by atoms with Crippen LogP contribution in [0.25, 0.3) is 0 Å². The van der Waals surface area contributed by atoms with Gasteiger partial charge in [0.25, 0.3) is 0 Å². The van der Waals surface area contributed by atoms with Gasteiger partial charge in [-0.2, -0.15) is 13.2 Å². The smallest absolute Gasteiger partial charge is 0.385 e. The minimum atomic E-state index is -4.50. The number of thiazole rings is 1. The van der Waals surface area contributed by atoms with E-state index in [0.717, 1.165) is 11.3 Å². The van der Waals surface area contributed by atoms with Gasteiger partial charge in [0.15, 0.2) is 5.69 Å². The van der Waals surface area contributed by atoms with Crippen molar-refractivity contribution >= 4 is 11.3 Å². The van der Waals surface area contributed by atoms with Crippen LogP contribution in [0.2, 0.25) is 0 Å². The van der Waals surface area contributed by atoms with E-state index in [2.05, 4.69) is 4.98 Å². The third kappa shape index (κ3) is 2.24. The molecule has 0 atom stereocenters. The molecule has 6 heteroatoms. The Bertz CT molecular complexity index is 306. The van der Waals surface area contributed by atoms with Crippen LogP contribution in [-0.4, -0.2) is 10.1 Å². The fourth-order valence-electron chi connectivity index (χ4n) is 1.03. The maximum absolute atomic E-state index is 12.4. The van der Waals surface area contributed by atoms with Gasteiger partial charge in [-0.3, -0.25) is 0 Å². The molecular weight excluding hydrogens is 215 g/mol. The van der Waals surface area contributed by atoms with E-state index < -0.39 is 17.5 Å². The molecule has 0 saturated heterocycles. The summed E-state index contributed by atoms with van der Waals surface area (Å²) >= 11 is 0.867. The number of rotatable bonds is 1. The lowest BCUT2D eigenvalue weighted by atomic mass is 10.1. The summed E-state index contributed by atoms with van der Waals surface area (Å²) < 4.78 is 37.3. The van der Waals surface area contributed by atoms with E-state index in [1.54, 1.807) is 0 Å². The maximum Gasteiger partial charge on any atom is 0.434 e. The highest BCUT2D eigenvalue weighted by Crippen LogP contribution is 2.39. The predicted octanol–water partition coefficient (Wildman–Crippen LogP) is 2.70. The molecule has 0 amide bonds. The zero-order valence-corrected chi connectivity index (χ0v) is 8.75. The lowest BCUT2D eigenvalue weighted by Crippen LogP contribution is -2.20. The molecule has 0 aliphatic carbocycles. The molecule has 1 rings (SSSR count). The number of aliphatic hydroxyl groups is 1. The number of hydrogen-bond donors (Lipinski definition) is 1. The first kappa shape index (κ1) is 11.5. The second kappa shape index (κ2) is 3.20. The lowest BCUT2D eigenvalue weighted by molar-refractivity contribution is -0.143. The second-order valence-electron chi connectivity index (χ2n) is 3.47. The van der Waals surface area contributed by atoms with Crippen molar-refractivity contribution in [2.24, 2.45) is 0 Å². The van der Waals surface area contributed by atoms with Gasteiger partial charge in [-0.15, -0.1) is 11.3 Å². The SMILES string of the molecule is Cc1nc(C(F)(F)F)c(C(C)(C)O)s1. The van der Waals surface area contributed by atoms with Gasteiger partial charge in [-0.25, -0.2) is 4.98 Å². The summed E-state index contributed by atoms with van der Waals surface area (Å²) in [6.45, 7) is 4.11. The van der Waals surface area contributed by atoms with Gasteiger partial charge in [-0.05, 0) is 20.8 Å². The van der Waals surface area contributed by atoms with E-state index in [4.69, 9.17) is 0 Å². The third-order valence-electron chi connectivity index (χ3n) is 1.56. The number of aryl methyl sites for hydroxylation is 1. The van der Waals surface area contributed by atoms with E-state index in [1.807, 2.05) is 0 Å². The molecule has 1 aromatic rings. The Labute approximate surface area is 83.4 Å². The molecule has 1 N–H and O–H groups in total. The van der Waals surface area contributed by atoms with Crippen molar-refractivity contribution in [3.63, 3.8) is 0 Å². The monoisotopic (exact) mass is 225 g/mol.